The lowest BCUT2D eigenvalue weighted by atomic mass is 10.0. The van der Waals surface area contributed by atoms with E-state index in [2.05, 4.69) is 34.2 Å². The fourth-order valence-corrected chi connectivity index (χ4v) is 3.53. The van der Waals surface area contributed by atoms with E-state index in [9.17, 15) is 0 Å². The van der Waals surface area contributed by atoms with E-state index < -0.39 is 0 Å². The first-order chi connectivity index (χ1) is 15.0. The molecule has 0 atom stereocenters. The summed E-state index contributed by atoms with van der Waals surface area (Å²) in [5, 5.41) is 0.987. The van der Waals surface area contributed by atoms with Crippen LogP contribution in [0.4, 0.5) is 17.3 Å². The van der Waals surface area contributed by atoms with Gasteiger partial charge in [0, 0.05) is 38.3 Å². The first-order valence-corrected chi connectivity index (χ1v) is 9.98. The summed E-state index contributed by atoms with van der Waals surface area (Å²) in [7, 11) is 7.35. The second-order valence-electron chi connectivity index (χ2n) is 7.37. The molecular weight excluding hydrogens is 388 g/mol. The van der Waals surface area contributed by atoms with Crippen molar-refractivity contribution in [1.29, 1.82) is 0 Å². The van der Waals surface area contributed by atoms with Gasteiger partial charge in [0.25, 0.3) is 0 Å². The highest BCUT2D eigenvalue weighted by atomic mass is 16.5. The number of hydrogen-bond donors (Lipinski definition) is 1. The molecule has 0 unspecified atom stereocenters. The van der Waals surface area contributed by atoms with Crippen LogP contribution in [-0.2, 0) is 0 Å². The average Bonchev–Trinajstić information content (AvgIpc) is 3.22. The van der Waals surface area contributed by atoms with E-state index in [1.165, 1.54) is 0 Å². The van der Waals surface area contributed by atoms with Gasteiger partial charge in [-0.05, 0) is 41.5 Å². The zero-order chi connectivity index (χ0) is 22.0. The molecule has 6 heteroatoms. The van der Waals surface area contributed by atoms with Crippen molar-refractivity contribution in [3.63, 3.8) is 0 Å². The summed E-state index contributed by atoms with van der Waals surface area (Å²) in [6, 6.07) is 24.2. The molecule has 0 radical (unpaired) electrons. The number of furan rings is 1. The van der Waals surface area contributed by atoms with Gasteiger partial charge in [-0.2, -0.15) is 0 Å². The van der Waals surface area contributed by atoms with Crippen molar-refractivity contribution in [3.05, 3.63) is 72.8 Å². The van der Waals surface area contributed by atoms with Crippen LogP contribution in [-0.4, -0.2) is 34.2 Å². The molecule has 3 aromatic carbocycles. The minimum Gasteiger partial charge on any atom is -0.495 e. The fourth-order valence-electron chi connectivity index (χ4n) is 3.53. The van der Waals surface area contributed by atoms with E-state index in [1.54, 1.807) is 19.1 Å². The van der Waals surface area contributed by atoms with Gasteiger partial charge >= 0.3 is 0 Å². The second kappa shape index (κ2) is 8.44. The Morgan fingerprint density at radius 1 is 0.935 bits per heavy atom. The maximum Gasteiger partial charge on any atom is 0.208 e. The molecule has 0 aliphatic heterocycles. The number of guanidine groups is 1. The van der Waals surface area contributed by atoms with Crippen molar-refractivity contribution in [3.8, 4) is 16.9 Å². The number of nitrogens with zero attached hydrogens (tertiary/aromatic N) is 3. The van der Waals surface area contributed by atoms with Crippen molar-refractivity contribution in [1.82, 2.24) is 0 Å². The zero-order valence-electron chi connectivity index (χ0n) is 18.2. The fraction of sp³-hybridized carbons (Fsp3) is 0.160. The molecule has 0 spiro atoms. The Balaban J connectivity index is 1.84. The van der Waals surface area contributed by atoms with Crippen LogP contribution >= 0.6 is 0 Å². The van der Waals surface area contributed by atoms with Crippen molar-refractivity contribution in [2.45, 2.75) is 0 Å². The maximum atomic E-state index is 6.32. The van der Waals surface area contributed by atoms with Crippen molar-refractivity contribution >= 4 is 34.2 Å². The lowest BCUT2D eigenvalue weighted by molar-refractivity contribution is 0.415. The van der Waals surface area contributed by atoms with E-state index in [0.717, 1.165) is 33.5 Å². The lowest BCUT2D eigenvalue weighted by Crippen LogP contribution is -2.33. The van der Waals surface area contributed by atoms with Gasteiger partial charge in [-0.1, -0.05) is 36.4 Å². The molecular formula is C25H26N4O2. The molecule has 4 rings (SSSR count). The van der Waals surface area contributed by atoms with Crippen LogP contribution in [0.3, 0.4) is 0 Å². The third-order valence-electron chi connectivity index (χ3n) is 5.23. The molecule has 0 aliphatic rings. The summed E-state index contributed by atoms with van der Waals surface area (Å²) in [4.78, 5) is 8.07. The number of benzene rings is 3. The number of methoxy groups -OCH3 is 1. The summed E-state index contributed by atoms with van der Waals surface area (Å²) >= 11 is 0. The maximum absolute atomic E-state index is 6.32. The van der Waals surface area contributed by atoms with Crippen molar-refractivity contribution in [2.24, 2.45) is 10.7 Å². The second-order valence-corrected chi connectivity index (χ2v) is 7.37. The Bertz CT molecular complexity index is 1190. The van der Waals surface area contributed by atoms with Crippen LogP contribution in [0.1, 0.15) is 0 Å². The SMILES string of the molecule is CN=C(N)N(c1cc2ccccc2o1)c1cc(-c2ccc(N(C)C)cc2)ccc1OC. The minimum atomic E-state index is 0.303. The van der Waals surface area contributed by atoms with Crippen molar-refractivity contribution < 1.29 is 9.15 Å². The normalized spacial score (nSPS) is 11.5. The van der Waals surface area contributed by atoms with Gasteiger partial charge in [0.05, 0.1) is 12.8 Å². The van der Waals surface area contributed by atoms with Gasteiger partial charge in [0.15, 0.2) is 0 Å². The standard InChI is InChI=1S/C25H26N4O2/c1-27-25(26)29(24-16-19-7-5-6-8-22(19)31-24)21-15-18(11-14-23(21)30-4)17-9-12-20(13-10-17)28(2)3/h5-16H,1-4H3,(H2,26,27). The van der Waals surface area contributed by atoms with Crippen LogP contribution in [0, 0.1) is 0 Å². The van der Waals surface area contributed by atoms with Gasteiger partial charge in [-0.3, -0.25) is 4.99 Å². The van der Waals surface area contributed by atoms with E-state index in [4.69, 9.17) is 14.9 Å². The zero-order valence-corrected chi connectivity index (χ0v) is 18.2. The molecule has 158 valence electrons. The largest absolute Gasteiger partial charge is 0.495 e. The summed E-state index contributed by atoms with van der Waals surface area (Å²) in [5.74, 6) is 1.54. The number of aliphatic imine (C=N–C) groups is 1. The first kappa shape index (κ1) is 20.3. The first-order valence-electron chi connectivity index (χ1n) is 9.98. The number of nitrogens with two attached hydrogens (primary N) is 1. The summed E-state index contributed by atoms with van der Waals surface area (Å²) in [5.41, 5.74) is 11.1. The van der Waals surface area contributed by atoms with Crippen molar-refractivity contribution in [2.75, 3.05) is 38.1 Å². The Kier molecular flexibility index (Phi) is 5.54. The summed E-state index contributed by atoms with van der Waals surface area (Å²) < 4.78 is 11.8. The number of ether oxygens (including phenoxy) is 1. The summed E-state index contributed by atoms with van der Waals surface area (Å²) in [6.07, 6.45) is 0. The lowest BCUT2D eigenvalue weighted by Gasteiger charge is -2.23. The van der Waals surface area contributed by atoms with E-state index in [-0.39, 0.29) is 0 Å². The molecule has 2 N–H and O–H groups in total. The highest BCUT2D eigenvalue weighted by Gasteiger charge is 2.22. The van der Waals surface area contributed by atoms with Gasteiger partial charge < -0.3 is 19.8 Å². The number of rotatable bonds is 5. The van der Waals surface area contributed by atoms with Gasteiger partial charge in [0.1, 0.15) is 11.3 Å². The van der Waals surface area contributed by atoms with Gasteiger partial charge in [0.2, 0.25) is 11.8 Å². The van der Waals surface area contributed by atoms with Crippen LogP contribution < -0.4 is 20.3 Å². The molecule has 0 saturated carbocycles. The molecule has 0 bridgehead atoms. The van der Waals surface area contributed by atoms with E-state index in [1.807, 2.05) is 62.6 Å². The molecule has 0 saturated heterocycles. The Hall–Kier alpha value is -3.93. The van der Waals surface area contributed by atoms with E-state index in [0.29, 0.717) is 17.6 Å². The monoisotopic (exact) mass is 414 g/mol. The van der Waals surface area contributed by atoms with Crippen LogP contribution in [0.2, 0.25) is 0 Å². The molecule has 0 aliphatic carbocycles. The topological polar surface area (TPSA) is 67.2 Å². The molecule has 1 aromatic heterocycles. The molecule has 6 nitrogen and oxygen atoms in total. The smallest absolute Gasteiger partial charge is 0.208 e. The number of anilines is 3. The average molecular weight is 415 g/mol. The third kappa shape index (κ3) is 3.92. The Morgan fingerprint density at radius 3 is 2.29 bits per heavy atom. The van der Waals surface area contributed by atoms with Gasteiger partial charge in [-0.25, -0.2) is 4.90 Å². The number of fused-ring (bicyclic) bond motifs is 1. The minimum absolute atomic E-state index is 0.303. The quantitative estimate of drug-likeness (QED) is 0.357. The van der Waals surface area contributed by atoms with E-state index >= 15 is 0 Å². The van der Waals surface area contributed by atoms with Gasteiger partial charge in [-0.15, -0.1) is 0 Å². The summed E-state index contributed by atoms with van der Waals surface area (Å²) in [6.45, 7) is 0. The molecule has 1 heterocycles. The molecule has 0 fully saturated rings. The number of hydrogen-bond acceptors (Lipinski definition) is 4. The van der Waals surface area contributed by atoms with Crippen LogP contribution in [0.15, 0.2) is 82.2 Å². The van der Waals surface area contributed by atoms with Crippen LogP contribution in [0.5, 0.6) is 5.75 Å². The predicted octanol–water partition coefficient (Wildman–Crippen LogP) is 5.26. The Labute approximate surface area is 182 Å². The predicted molar refractivity (Wildman–Crippen MR) is 129 cm³/mol. The number of para-hydroxylation sites is 1. The third-order valence-corrected chi connectivity index (χ3v) is 5.23. The Morgan fingerprint density at radius 2 is 1.65 bits per heavy atom. The molecule has 4 aromatic rings. The van der Waals surface area contributed by atoms with Crippen LogP contribution in [0.25, 0.3) is 22.1 Å². The molecule has 0 amide bonds. The molecule has 31 heavy (non-hydrogen) atoms. The highest BCUT2D eigenvalue weighted by molar-refractivity contribution is 6.03. The highest BCUT2D eigenvalue weighted by Crippen LogP contribution is 2.39.